The van der Waals surface area contributed by atoms with Crippen molar-refractivity contribution in [2.45, 2.75) is 26.5 Å². The molecule has 0 bridgehead atoms. The van der Waals surface area contributed by atoms with Gasteiger partial charge in [-0.1, -0.05) is 30.3 Å². The molecule has 1 heterocycles. The highest BCUT2D eigenvalue weighted by Gasteiger charge is 2.24. The molecule has 0 saturated carbocycles. The van der Waals surface area contributed by atoms with Gasteiger partial charge in [0.05, 0.1) is 6.10 Å². The van der Waals surface area contributed by atoms with E-state index in [1.165, 1.54) is 0 Å². The maximum atomic E-state index is 11.6. The number of hydrogen-bond donors (Lipinski definition) is 1. The van der Waals surface area contributed by atoms with Gasteiger partial charge in [-0.05, 0) is 31.5 Å². The van der Waals surface area contributed by atoms with Gasteiger partial charge >= 0.3 is 10.3 Å². The molecule has 6 heteroatoms. The van der Waals surface area contributed by atoms with Crippen molar-refractivity contribution in [3.63, 3.8) is 0 Å². The molecule has 2 aromatic rings. The number of rotatable bonds is 3. The van der Waals surface area contributed by atoms with Crippen molar-refractivity contribution >= 4 is 10.3 Å². The van der Waals surface area contributed by atoms with E-state index in [4.69, 9.17) is 8.92 Å². The molecule has 0 saturated heterocycles. The van der Waals surface area contributed by atoms with Gasteiger partial charge in [0.1, 0.15) is 5.75 Å². The first-order valence-electron chi connectivity index (χ1n) is 7.03. The van der Waals surface area contributed by atoms with E-state index in [2.05, 4.69) is 4.72 Å². The standard InChI is InChI=1S/C16H17NO4S/c1-11(2)20-14-8-6-12(7-9-14)15-5-3-4-13-10-17-22(18,19)21-16(13)15/h3-9,11,17H,10H2,1-2H3. The zero-order valence-corrected chi connectivity index (χ0v) is 13.2. The molecule has 3 rings (SSSR count). The third-order valence-electron chi connectivity index (χ3n) is 3.27. The minimum atomic E-state index is -3.73. The van der Waals surface area contributed by atoms with Crippen LogP contribution in [0.1, 0.15) is 19.4 Å². The molecular weight excluding hydrogens is 302 g/mol. The number of benzene rings is 2. The van der Waals surface area contributed by atoms with Crippen molar-refractivity contribution in [3.05, 3.63) is 48.0 Å². The number of nitrogens with one attached hydrogen (secondary N) is 1. The van der Waals surface area contributed by atoms with Crippen molar-refractivity contribution in [1.82, 2.24) is 4.72 Å². The van der Waals surface area contributed by atoms with Crippen LogP contribution in [-0.4, -0.2) is 14.5 Å². The Morgan fingerprint density at radius 1 is 1.14 bits per heavy atom. The summed E-state index contributed by atoms with van der Waals surface area (Å²) in [4.78, 5) is 0. The molecule has 1 N–H and O–H groups in total. The minimum Gasteiger partial charge on any atom is -0.491 e. The van der Waals surface area contributed by atoms with Crippen molar-refractivity contribution in [3.8, 4) is 22.6 Å². The summed E-state index contributed by atoms with van der Waals surface area (Å²) >= 11 is 0. The quantitative estimate of drug-likeness (QED) is 0.945. The van der Waals surface area contributed by atoms with Crippen LogP contribution in [0.15, 0.2) is 42.5 Å². The third-order valence-corrected chi connectivity index (χ3v) is 4.15. The largest absolute Gasteiger partial charge is 0.491 e. The average molecular weight is 319 g/mol. The molecule has 1 aliphatic rings. The second kappa shape index (κ2) is 5.62. The zero-order valence-electron chi connectivity index (χ0n) is 12.4. The lowest BCUT2D eigenvalue weighted by molar-refractivity contribution is 0.242. The first-order chi connectivity index (χ1) is 10.4. The van der Waals surface area contributed by atoms with Crippen molar-refractivity contribution in [2.24, 2.45) is 0 Å². The van der Waals surface area contributed by atoms with Gasteiger partial charge in [0, 0.05) is 17.7 Å². The fraction of sp³-hybridized carbons (Fsp3) is 0.250. The summed E-state index contributed by atoms with van der Waals surface area (Å²) in [7, 11) is -3.73. The molecular formula is C16H17NO4S. The Labute approximate surface area is 130 Å². The maximum Gasteiger partial charge on any atom is 0.382 e. The van der Waals surface area contributed by atoms with Crippen LogP contribution in [0.5, 0.6) is 11.5 Å². The van der Waals surface area contributed by atoms with E-state index in [-0.39, 0.29) is 12.6 Å². The number of ether oxygens (including phenoxy) is 1. The lowest BCUT2D eigenvalue weighted by Gasteiger charge is -2.20. The van der Waals surface area contributed by atoms with Crippen LogP contribution in [0.3, 0.4) is 0 Å². The highest BCUT2D eigenvalue weighted by molar-refractivity contribution is 7.85. The van der Waals surface area contributed by atoms with Crippen molar-refractivity contribution in [1.29, 1.82) is 0 Å². The zero-order chi connectivity index (χ0) is 15.7. The predicted octanol–water partition coefficient (Wildman–Crippen LogP) is 2.87. The molecule has 116 valence electrons. The van der Waals surface area contributed by atoms with Crippen LogP contribution in [0.25, 0.3) is 11.1 Å². The predicted molar refractivity (Wildman–Crippen MR) is 84.0 cm³/mol. The van der Waals surface area contributed by atoms with Crippen LogP contribution < -0.4 is 13.6 Å². The normalized spacial score (nSPS) is 16.0. The Balaban J connectivity index is 1.99. The molecule has 2 aromatic carbocycles. The first-order valence-corrected chi connectivity index (χ1v) is 8.43. The molecule has 0 aromatic heterocycles. The monoisotopic (exact) mass is 319 g/mol. The van der Waals surface area contributed by atoms with Crippen LogP contribution in [-0.2, 0) is 16.8 Å². The van der Waals surface area contributed by atoms with Gasteiger partial charge in [-0.15, -0.1) is 0 Å². The van der Waals surface area contributed by atoms with E-state index in [0.717, 1.165) is 22.4 Å². The summed E-state index contributed by atoms with van der Waals surface area (Å²) in [6, 6.07) is 13.1. The lowest BCUT2D eigenvalue weighted by atomic mass is 10.0. The average Bonchev–Trinajstić information content (AvgIpc) is 2.46. The van der Waals surface area contributed by atoms with Gasteiger partial charge in [-0.3, -0.25) is 0 Å². The van der Waals surface area contributed by atoms with E-state index in [1.807, 2.05) is 56.3 Å². The number of para-hydroxylation sites is 1. The van der Waals surface area contributed by atoms with Crippen molar-refractivity contribution in [2.75, 3.05) is 0 Å². The van der Waals surface area contributed by atoms with E-state index in [1.54, 1.807) is 0 Å². The molecule has 0 amide bonds. The van der Waals surface area contributed by atoms with Gasteiger partial charge in [0.2, 0.25) is 0 Å². The van der Waals surface area contributed by atoms with Crippen molar-refractivity contribution < 1.29 is 17.3 Å². The summed E-state index contributed by atoms with van der Waals surface area (Å²) < 4.78 is 36.3. The minimum absolute atomic E-state index is 0.106. The molecule has 0 radical (unpaired) electrons. The molecule has 5 nitrogen and oxygen atoms in total. The molecule has 0 spiro atoms. The molecule has 22 heavy (non-hydrogen) atoms. The lowest BCUT2D eigenvalue weighted by Crippen LogP contribution is -2.32. The van der Waals surface area contributed by atoms with Crippen LogP contribution >= 0.6 is 0 Å². The SMILES string of the molecule is CC(C)Oc1ccc(-c2cccc3c2OS(=O)(=O)NC3)cc1. The van der Waals surface area contributed by atoms with Gasteiger partial charge in [-0.25, -0.2) is 0 Å². The smallest absolute Gasteiger partial charge is 0.382 e. The summed E-state index contributed by atoms with van der Waals surface area (Å²) in [5, 5.41) is 0. The summed E-state index contributed by atoms with van der Waals surface area (Å²) in [5.74, 6) is 1.16. The topological polar surface area (TPSA) is 64.6 Å². The Bertz CT molecular complexity index is 782. The molecule has 0 atom stereocenters. The molecule has 0 unspecified atom stereocenters. The van der Waals surface area contributed by atoms with Crippen LogP contribution in [0, 0.1) is 0 Å². The maximum absolute atomic E-state index is 11.6. The highest BCUT2D eigenvalue weighted by atomic mass is 32.2. The third kappa shape index (κ3) is 3.08. The summed E-state index contributed by atoms with van der Waals surface area (Å²) in [5.41, 5.74) is 2.44. The van der Waals surface area contributed by atoms with E-state index in [9.17, 15) is 8.42 Å². The number of fused-ring (bicyclic) bond motifs is 1. The fourth-order valence-corrected chi connectivity index (χ4v) is 3.15. The van der Waals surface area contributed by atoms with Gasteiger partial charge in [0.15, 0.2) is 5.75 Å². The van der Waals surface area contributed by atoms with E-state index >= 15 is 0 Å². The summed E-state index contributed by atoms with van der Waals surface area (Å²) in [6.07, 6.45) is 0.106. The van der Waals surface area contributed by atoms with Gasteiger partial charge in [-0.2, -0.15) is 13.1 Å². The molecule has 0 fully saturated rings. The van der Waals surface area contributed by atoms with Crippen LogP contribution in [0.2, 0.25) is 0 Å². The summed E-state index contributed by atoms with van der Waals surface area (Å²) in [6.45, 7) is 4.17. The Morgan fingerprint density at radius 3 is 2.55 bits per heavy atom. The fourth-order valence-electron chi connectivity index (χ4n) is 2.34. The van der Waals surface area contributed by atoms with E-state index in [0.29, 0.717) is 5.75 Å². The Kier molecular flexibility index (Phi) is 3.80. The molecule has 0 aliphatic carbocycles. The first kappa shape index (κ1) is 14.9. The van der Waals surface area contributed by atoms with Crippen LogP contribution in [0.4, 0.5) is 0 Å². The number of hydrogen-bond acceptors (Lipinski definition) is 4. The Morgan fingerprint density at radius 2 is 1.86 bits per heavy atom. The van der Waals surface area contributed by atoms with E-state index < -0.39 is 10.3 Å². The highest BCUT2D eigenvalue weighted by Crippen LogP contribution is 2.36. The Hall–Kier alpha value is -2.05. The van der Waals surface area contributed by atoms with Gasteiger partial charge < -0.3 is 8.92 Å². The van der Waals surface area contributed by atoms with Gasteiger partial charge in [0.25, 0.3) is 0 Å². The second-order valence-corrected chi connectivity index (χ2v) is 6.71. The second-order valence-electron chi connectivity index (χ2n) is 5.34. The molecule has 1 aliphatic heterocycles.